The molecule has 1 saturated heterocycles. The number of aliphatic carboxylic acids is 1. The van der Waals surface area contributed by atoms with E-state index in [0.717, 1.165) is 17.7 Å². The van der Waals surface area contributed by atoms with Gasteiger partial charge < -0.3 is 5.11 Å². The SMILES string of the molecule is CCC1SCC(C(=O)O)N1C(=O)N(C)c1ccccc1C. The molecule has 0 aliphatic carbocycles. The molecule has 1 aliphatic rings. The van der Waals surface area contributed by atoms with Gasteiger partial charge in [-0.2, -0.15) is 0 Å². The Morgan fingerprint density at radius 3 is 2.67 bits per heavy atom. The number of aryl methyl sites for hydroxylation is 1. The summed E-state index contributed by atoms with van der Waals surface area (Å²) in [6.07, 6.45) is 0.738. The molecule has 114 valence electrons. The van der Waals surface area contributed by atoms with E-state index >= 15 is 0 Å². The fourth-order valence-electron chi connectivity index (χ4n) is 2.54. The highest BCUT2D eigenvalue weighted by molar-refractivity contribution is 8.00. The number of rotatable bonds is 3. The lowest BCUT2D eigenvalue weighted by atomic mass is 10.2. The van der Waals surface area contributed by atoms with Crippen LogP contribution in [0, 0.1) is 6.92 Å². The van der Waals surface area contributed by atoms with Gasteiger partial charge in [0.05, 0.1) is 5.37 Å². The highest BCUT2D eigenvalue weighted by Crippen LogP contribution is 2.33. The molecule has 1 fully saturated rings. The van der Waals surface area contributed by atoms with E-state index in [9.17, 15) is 14.7 Å². The van der Waals surface area contributed by atoms with Gasteiger partial charge in [-0.1, -0.05) is 25.1 Å². The van der Waals surface area contributed by atoms with Gasteiger partial charge >= 0.3 is 12.0 Å². The number of carboxylic acids is 1. The summed E-state index contributed by atoms with van der Waals surface area (Å²) in [5, 5.41) is 9.25. The Morgan fingerprint density at radius 1 is 1.43 bits per heavy atom. The fraction of sp³-hybridized carbons (Fsp3) is 0.467. The third-order valence-electron chi connectivity index (χ3n) is 3.71. The molecule has 2 amide bonds. The molecular weight excluding hydrogens is 288 g/mol. The molecule has 0 saturated carbocycles. The van der Waals surface area contributed by atoms with Gasteiger partial charge in [-0.3, -0.25) is 9.80 Å². The van der Waals surface area contributed by atoms with Gasteiger partial charge in [-0.25, -0.2) is 9.59 Å². The minimum Gasteiger partial charge on any atom is -0.480 e. The van der Waals surface area contributed by atoms with Crippen LogP contribution in [0.2, 0.25) is 0 Å². The number of anilines is 1. The van der Waals surface area contributed by atoms with Gasteiger partial charge in [-0.15, -0.1) is 11.8 Å². The Kier molecular flexibility index (Phi) is 4.77. The lowest BCUT2D eigenvalue weighted by Gasteiger charge is -2.31. The summed E-state index contributed by atoms with van der Waals surface area (Å²) in [7, 11) is 1.69. The fourth-order valence-corrected chi connectivity index (χ4v) is 3.88. The molecule has 21 heavy (non-hydrogen) atoms. The molecule has 2 unspecified atom stereocenters. The van der Waals surface area contributed by atoms with Crippen LogP contribution >= 0.6 is 11.8 Å². The molecule has 1 N–H and O–H groups in total. The van der Waals surface area contributed by atoms with Crippen LogP contribution in [0.25, 0.3) is 0 Å². The summed E-state index contributed by atoms with van der Waals surface area (Å²) >= 11 is 1.53. The maximum atomic E-state index is 12.8. The van der Waals surface area contributed by atoms with Crippen molar-refractivity contribution in [2.24, 2.45) is 0 Å². The third kappa shape index (κ3) is 3.00. The lowest BCUT2D eigenvalue weighted by Crippen LogP contribution is -2.50. The summed E-state index contributed by atoms with van der Waals surface area (Å²) in [6, 6.07) is 6.58. The predicted octanol–water partition coefficient (Wildman–Crippen LogP) is 2.79. The summed E-state index contributed by atoms with van der Waals surface area (Å²) in [5.74, 6) is -0.494. The average Bonchev–Trinajstić information content (AvgIpc) is 2.90. The van der Waals surface area contributed by atoms with Gasteiger partial charge in [0.2, 0.25) is 0 Å². The monoisotopic (exact) mass is 308 g/mol. The number of carboxylic acid groups (broad SMARTS) is 1. The van der Waals surface area contributed by atoms with Crippen molar-refractivity contribution in [3.8, 4) is 0 Å². The van der Waals surface area contributed by atoms with Crippen molar-refractivity contribution in [1.29, 1.82) is 0 Å². The van der Waals surface area contributed by atoms with E-state index in [4.69, 9.17) is 0 Å². The smallest absolute Gasteiger partial charge is 0.327 e. The van der Waals surface area contributed by atoms with Crippen LogP contribution in [0.15, 0.2) is 24.3 Å². The average molecular weight is 308 g/mol. The zero-order chi connectivity index (χ0) is 15.6. The van der Waals surface area contributed by atoms with E-state index in [-0.39, 0.29) is 11.4 Å². The molecule has 1 aromatic rings. The Balaban J connectivity index is 2.28. The number of thioether (sulfide) groups is 1. The first-order valence-electron chi connectivity index (χ1n) is 6.93. The van der Waals surface area contributed by atoms with E-state index in [1.54, 1.807) is 11.9 Å². The first-order valence-corrected chi connectivity index (χ1v) is 7.98. The second kappa shape index (κ2) is 6.39. The largest absolute Gasteiger partial charge is 0.480 e. The maximum absolute atomic E-state index is 12.8. The second-order valence-electron chi connectivity index (χ2n) is 5.09. The highest BCUT2D eigenvalue weighted by Gasteiger charge is 2.42. The zero-order valence-electron chi connectivity index (χ0n) is 12.4. The van der Waals surface area contributed by atoms with Crippen LogP contribution in [-0.4, -0.2) is 46.2 Å². The first-order chi connectivity index (χ1) is 9.97. The normalized spacial score (nSPS) is 21.4. The molecule has 2 atom stereocenters. The van der Waals surface area contributed by atoms with E-state index in [1.807, 2.05) is 38.1 Å². The van der Waals surface area contributed by atoms with Gasteiger partial charge in [0, 0.05) is 18.5 Å². The van der Waals surface area contributed by atoms with Crippen molar-refractivity contribution >= 4 is 29.4 Å². The molecule has 1 heterocycles. The van der Waals surface area contributed by atoms with E-state index in [2.05, 4.69) is 0 Å². The molecule has 0 radical (unpaired) electrons. The number of carbonyl (C=O) groups is 2. The zero-order valence-corrected chi connectivity index (χ0v) is 13.3. The molecule has 0 bridgehead atoms. The first kappa shape index (κ1) is 15.7. The van der Waals surface area contributed by atoms with Crippen molar-refractivity contribution < 1.29 is 14.7 Å². The summed E-state index contributed by atoms with van der Waals surface area (Å²) in [5.41, 5.74) is 1.79. The second-order valence-corrected chi connectivity index (χ2v) is 6.30. The summed E-state index contributed by atoms with van der Waals surface area (Å²) < 4.78 is 0. The number of hydrogen-bond donors (Lipinski definition) is 1. The summed E-state index contributed by atoms with van der Waals surface area (Å²) in [6.45, 7) is 3.90. The van der Waals surface area contributed by atoms with Crippen LogP contribution < -0.4 is 4.90 Å². The molecular formula is C15H20N2O3S. The quantitative estimate of drug-likeness (QED) is 0.932. The molecule has 1 aliphatic heterocycles. The van der Waals surface area contributed by atoms with Crippen LogP contribution in [0.4, 0.5) is 10.5 Å². The van der Waals surface area contributed by atoms with Crippen LogP contribution in [-0.2, 0) is 4.79 Å². The number of amides is 2. The molecule has 0 aromatic heterocycles. The van der Waals surface area contributed by atoms with Crippen molar-refractivity contribution in [2.45, 2.75) is 31.7 Å². The van der Waals surface area contributed by atoms with Crippen LogP contribution in [0.3, 0.4) is 0 Å². The van der Waals surface area contributed by atoms with Gasteiger partial charge in [0.25, 0.3) is 0 Å². The maximum Gasteiger partial charge on any atom is 0.327 e. The van der Waals surface area contributed by atoms with E-state index in [0.29, 0.717) is 5.75 Å². The predicted molar refractivity (Wildman–Crippen MR) is 84.8 cm³/mol. The number of nitrogens with zero attached hydrogens (tertiary/aromatic N) is 2. The Labute approximate surface area is 128 Å². The van der Waals surface area contributed by atoms with E-state index in [1.165, 1.54) is 16.7 Å². The standard InChI is InChI=1S/C15H20N2O3S/c1-4-13-17(12(9-21-13)14(18)19)15(20)16(3)11-8-6-5-7-10(11)2/h5-8,12-13H,4,9H2,1-3H3,(H,18,19). The minimum atomic E-state index is -0.940. The Hall–Kier alpha value is -1.69. The van der Waals surface area contributed by atoms with Crippen LogP contribution in [0.1, 0.15) is 18.9 Å². The number of carbonyl (C=O) groups excluding carboxylic acids is 1. The molecule has 6 heteroatoms. The van der Waals surface area contributed by atoms with Crippen molar-refractivity contribution in [3.63, 3.8) is 0 Å². The van der Waals surface area contributed by atoms with Gasteiger partial charge in [0.1, 0.15) is 6.04 Å². The molecule has 1 aromatic carbocycles. The Morgan fingerprint density at radius 2 is 2.10 bits per heavy atom. The lowest BCUT2D eigenvalue weighted by molar-refractivity contribution is -0.141. The highest BCUT2D eigenvalue weighted by atomic mass is 32.2. The Bertz CT molecular complexity index is 549. The van der Waals surface area contributed by atoms with Gasteiger partial charge in [0.15, 0.2) is 0 Å². The molecule has 2 rings (SSSR count). The van der Waals surface area contributed by atoms with Crippen molar-refractivity contribution in [1.82, 2.24) is 4.90 Å². The van der Waals surface area contributed by atoms with Crippen molar-refractivity contribution in [2.75, 3.05) is 17.7 Å². The van der Waals surface area contributed by atoms with E-state index < -0.39 is 12.0 Å². The number of para-hydroxylation sites is 1. The topological polar surface area (TPSA) is 60.9 Å². The number of hydrogen-bond acceptors (Lipinski definition) is 3. The minimum absolute atomic E-state index is 0.0786. The van der Waals surface area contributed by atoms with Crippen LogP contribution in [0.5, 0.6) is 0 Å². The summed E-state index contributed by atoms with van der Waals surface area (Å²) in [4.78, 5) is 27.2. The molecule has 0 spiro atoms. The van der Waals surface area contributed by atoms with Gasteiger partial charge in [-0.05, 0) is 25.0 Å². The third-order valence-corrected chi connectivity index (χ3v) is 5.16. The number of urea groups is 1. The molecule has 5 nitrogen and oxygen atoms in total. The number of benzene rings is 1. The van der Waals surface area contributed by atoms with Crippen molar-refractivity contribution in [3.05, 3.63) is 29.8 Å².